The van der Waals surface area contributed by atoms with Crippen LogP contribution in [0.5, 0.6) is 0 Å². The Labute approximate surface area is 207 Å². The van der Waals surface area contributed by atoms with Crippen LogP contribution in [0.25, 0.3) is 0 Å². The number of hydrogen-bond acceptors (Lipinski definition) is 4. The molecule has 35 heavy (non-hydrogen) atoms. The smallest absolute Gasteiger partial charge is 0.259 e. The average Bonchev–Trinajstić information content (AvgIpc) is 3.05. The second-order valence-electron chi connectivity index (χ2n) is 9.02. The Morgan fingerprint density at radius 1 is 0.914 bits per heavy atom. The number of fused-ring (bicyclic) bond motifs is 1. The van der Waals surface area contributed by atoms with Gasteiger partial charge in [-0.2, -0.15) is 0 Å². The third-order valence-corrected chi connectivity index (χ3v) is 7.01. The largest absolute Gasteiger partial charge is 0.372 e. The van der Waals surface area contributed by atoms with Crippen molar-refractivity contribution in [2.75, 3.05) is 28.2 Å². The van der Waals surface area contributed by atoms with Crippen LogP contribution < -0.4 is 15.1 Å². The topological polar surface area (TPSA) is 52.7 Å². The predicted molar refractivity (Wildman–Crippen MR) is 142 cm³/mol. The SMILES string of the molecule is CCN(CC)c1ccc([C@@H]2C3=C(CCCC3=O)Nc3ccccc3N2C(=O)c2ccccc2)cc1. The number of nitrogens with zero attached hydrogens (tertiary/aromatic N) is 2. The predicted octanol–water partition coefficient (Wildman–Crippen LogP) is 6.35. The molecular formula is C30H31N3O2. The number of anilines is 3. The van der Waals surface area contributed by atoms with Crippen LogP contribution in [-0.2, 0) is 4.79 Å². The third-order valence-electron chi connectivity index (χ3n) is 7.01. The van der Waals surface area contributed by atoms with Gasteiger partial charge in [0, 0.05) is 42.0 Å². The van der Waals surface area contributed by atoms with Crippen molar-refractivity contribution in [3.8, 4) is 0 Å². The molecule has 0 fully saturated rings. The summed E-state index contributed by atoms with van der Waals surface area (Å²) in [6, 6.07) is 25.0. The number of rotatable bonds is 5. The van der Waals surface area contributed by atoms with E-state index in [9.17, 15) is 9.59 Å². The zero-order chi connectivity index (χ0) is 24.4. The number of ketones is 1. The molecular weight excluding hydrogens is 434 g/mol. The van der Waals surface area contributed by atoms with E-state index < -0.39 is 6.04 Å². The minimum atomic E-state index is -0.507. The van der Waals surface area contributed by atoms with Crippen molar-refractivity contribution in [1.82, 2.24) is 0 Å². The van der Waals surface area contributed by atoms with Crippen LogP contribution in [0.4, 0.5) is 17.1 Å². The first kappa shape index (κ1) is 22.9. The number of para-hydroxylation sites is 2. The Morgan fingerprint density at radius 2 is 1.60 bits per heavy atom. The zero-order valence-corrected chi connectivity index (χ0v) is 20.3. The van der Waals surface area contributed by atoms with Crippen molar-refractivity contribution in [3.05, 3.63) is 101 Å². The fourth-order valence-electron chi connectivity index (χ4n) is 5.25. The van der Waals surface area contributed by atoms with Gasteiger partial charge in [-0.15, -0.1) is 0 Å². The molecule has 1 N–H and O–H groups in total. The van der Waals surface area contributed by atoms with Gasteiger partial charge in [-0.1, -0.05) is 42.5 Å². The van der Waals surface area contributed by atoms with Crippen LogP contribution in [0.15, 0.2) is 90.1 Å². The third kappa shape index (κ3) is 4.23. The molecule has 1 heterocycles. The number of carbonyl (C=O) groups excluding carboxylic acids is 2. The molecule has 0 spiro atoms. The van der Waals surface area contributed by atoms with Gasteiger partial charge >= 0.3 is 0 Å². The maximum atomic E-state index is 14.1. The van der Waals surface area contributed by atoms with Gasteiger partial charge in [0.05, 0.1) is 17.4 Å². The van der Waals surface area contributed by atoms with Crippen molar-refractivity contribution < 1.29 is 9.59 Å². The summed E-state index contributed by atoms with van der Waals surface area (Å²) in [5.74, 6) is -0.0139. The number of carbonyl (C=O) groups is 2. The molecule has 2 aliphatic rings. The summed E-state index contributed by atoms with van der Waals surface area (Å²) in [4.78, 5) is 31.7. The van der Waals surface area contributed by atoms with Gasteiger partial charge in [-0.25, -0.2) is 0 Å². The highest BCUT2D eigenvalue weighted by molar-refractivity contribution is 6.11. The molecule has 0 radical (unpaired) electrons. The maximum absolute atomic E-state index is 14.1. The van der Waals surface area contributed by atoms with E-state index in [1.807, 2.05) is 59.5 Å². The van der Waals surface area contributed by atoms with Gasteiger partial charge in [0.2, 0.25) is 0 Å². The molecule has 3 aromatic carbocycles. The van der Waals surface area contributed by atoms with E-state index in [0.29, 0.717) is 17.6 Å². The van der Waals surface area contributed by atoms with Crippen molar-refractivity contribution >= 4 is 28.8 Å². The molecule has 1 amide bonds. The van der Waals surface area contributed by atoms with Crippen LogP contribution in [0.2, 0.25) is 0 Å². The lowest BCUT2D eigenvalue weighted by Gasteiger charge is -2.34. The van der Waals surface area contributed by atoms with Crippen LogP contribution in [0.3, 0.4) is 0 Å². The molecule has 5 heteroatoms. The number of benzene rings is 3. The highest BCUT2D eigenvalue weighted by Gasteiger charge is 2.39. The summed E-state index contributed by atoms with van der Waals surface area (Å²) in [5.41, 5.74) is 5.92. The van der Waals surface area contributed by atoms with E-state index >= 15 is 0 Å². The standard InChI is InChI=1S/C30H31N3O2/c1-3-32(4-2)23-19-17-21(18-20-23)29-28-25(14-10-16-27(28)34)31-24-13-8-9-15-26(24)33(29)30(35)22-11-6-5-7-12-22/h5-9,11-13,15,17-20,29,31H,3-4,10,14,16H2,1-2H3/t29-/m1/s1. The van der Waals surface area contributed by atoms with E-state index in [2.05, 4.69) is 48.3 Å². The minimum absolute atomic E-state index is 0.107. The first-order valence-electron chi connectivity index (χ1n) is 12.5. The highest BCUT2D eigenvalue weighted by Crippen LogP contribution is 2.45. The molecule has 0 saturated carbocycles. The van der Waals surface area contributed by atoms with E-state index in [1.165, 1.54) is 0 Å². The van der Waals surface area contributed by atoms with E-state index in [4.69, 9.17) is 0 Å². The Bertz CT molecular complexity index is 1260. The molecule has 0 bridgehead atoms. The zero-order valence-electron chi connectivity index (χ0n) is 20.3. The summed E-state index contributed by atoms with van der Waals surface area (Å²) in [6.07, 6.45) is 2.10. The lowest BCUT2D eigenvalue weighted by Crippen LogP contribution is -2.38. The summed E-state index contributed by atoms with van der Waals surface area (Å²) >= 11 is 0. The molecule has 0 saturated heterocycles. The van der Waals surface area contributed by atoms with Gasteiger partial charge < -0.3 is 10.2 Å². The molecule has 5 nitrogen and oxygen atoms in total. The second kappa shape index (κ2) is 9.79. The van der Waals surface area contributed by atoms with Crippen LogP contribution >= 0.6 is 0 Å². The molecule has 0 aromatic heterocycles. The van der Waals surface area contributed by atoms with Gasteiger partial charge in [-0.3, -0.25) is 14.5 Å². The maximum Gasteiger partial charge on any atom is 0.259 e. The Balaban J connectivity index is 1.72. The van der Waals surface area contributed by atoms with Crippen molar-refractivity contribution in [2.45, 2.75) is 39.2 Å². The molecule has 1 atom stereocenters. The van der Waals surface area contributed by atoms with E-state index in [-0.39, 0.29) is 11.7 Å². The van der Waals surface area contributed by atoms with Gasteiger partial charge in [0.1, 0.15) is 0 Å². The Hall–Kier alpha value is -3.86. The quantitative estimate of drug-likeness (QED) is 0.477. The van der Waals surface area contributed by atoms with Gasteiger partial charge in [0.25, 0.3) is 5.91 Å². The van der Waals surface area contributed by atoms with E-state index in [0.717, 1.165) is 54.3 Å². The normalized spacial score (nSPS) is 17.3. The molecule has 0 unspecified atom stereocenters. The fraction of sp³-hybridized carbons (Fsp3) is 0.267. The minimum Gasteiger partial charge on any atom is -0.372 e. The van der Waals surface area contributed by atoms with E-state index in [1.54, 1.807) is 0 Å². The molecule has 1 aliphatic heterocycles. The molecule has 178 valence electrons. The van der Waals surface area contributed by atoms with Gasteiger partial charge in [0.15, 0.2) is 5.78 Å². The Morgan fingerprint density at radius 3 is 2.31 bits per heavy atom. The Kier molecular flexibility index (Phi) is 6.41. The first-order valence-corrected chi connectivity index (χ1v) is 12.5. The first-order chi connectivity index (χ1) is 17.1. The second-order valence-corrected chi connectivity index (χ2v) is 9.02. The number of Topliss-reactive ketones (excluding diaryl/α,β-unsaturated/α-hetero) is 1. The van der Waals surface area contributed by atoms with Crippen molar-refractivity contribution in [3.63, 3.8) is 0 Å². The van der Waals surface area contributed by atoms with Crippen molar-refractivity contribution in [2.24, 2.45) is 0 Å². The molecule has 3 aromatic rings. The monoisotopic (exact) mass is 465 g/mol. The van der Waals surface area contributed by atoms with Crippen molar-refractivity contribution in [1.29, 1.82) is 0 Å². The lowest BCUT2D eigenvalue weighted by molar-refractivity contribution is -0.116. The summed E-state index contributed by atoms with van der Waals surface area (Å²) < 4.78 is 0. The number of nitrogens with one attached hydrogen (secondary N) is 1. The van der Waals surface area contributed by atoms with Crippen LogP contribution in [0.1, 0.15) is 55.1 Å². The summed E-state index contributed by atoms with van der Waals surface area (Å²) in [7, 11) is 0. The molecule has 1 aliphatic carbocycles. The number of amides is 1. The number of hydrogen-bond donors (Lipinski definition) is 1. The average molecular weight is 466 g/mol. The van der Waals surface area contributed by atoms with Gasteiger partial charge in [-0.05, 0) is 68.7 Å². The lowest BCUT2D eigenvalue weighted by atomic mass is 9.85. The summed E-state index contributed by atoms with van der Waals surface area (Å²) in [6.45, 7) is 6.12. The summed E-state index contributed by atoms with van der Waals surface area (Å²) in [5, 5.41) is 3.53. The highest BCUT2D eigenvalue weighted by atomic mass is 16.2. The van der Waals surface area contributed by atoms with Crippen LogP contribution in [0, 0.1) is 0 Å². The fourth-order valence-corrected chi connectivity index (χ4v) is 5.25. The van der Waals surface area contributed by atoms with Crippen LogP contribution in [-0.4, -0.2) is 24.8 Å². The molecule has 5 rings (SSSR count). The number of allylic oxidation sites excluding steroid dienone is 1.